The number of anilines is 2. The Bertz CT molecular complexity index is 1110. The van der Waals surface area contributed by atoms with Crippen LogP contribution in [0.25, 0.3) is 11.3 Å². The highest BCUT2D eigenvalue weighted by Gasteiger charge is 2.27. The number of carbonyl (C=O) groups excluding carboxylic acids is 1. The maximum atomic E-state index is 12.7. The second-order valence-corrected chi connectivity index (χ2v) is 7.51. The minimum absolute atomic E-state index is 0.106. The molecule has 1 saturated heterocycles. The van der Waals surface area contributed by atoms with Crippen molar-refractivity contribution in [3.05, 3.63) is 71.0 Å². The Hall–Kier alpha value is -4.01. The van der Waals surface area contributed by atoms with Crippen molar-refractivity contribution in [3.8, 4) is 17.0 Å². The summed E-state index contributed by atoms with van der Waals surface area (Å²) in [5, 5.41) is 13.9. The summed E-state index contributed by atoms with van der Waals surface area (Å²) in [6, 6.07) is 15.8. The van der Waals surface area contributed by atoms with Crippen molar-refractivity contribution in [1.82, 2.24) is 9.97 Å². The van der Waals surface area contributed by atoms with Crippen LogP contribution in [0, 0.1) is 16.0 Å². The average molecular weight is 433 g/mol. The molecule has 9 heteroatoms. The maximum Gasteiger partial charge on any atom is 0.292 e. The molecule has 0 spiro atoms. The summed E-state index contributed by atoms with van der Waals surface area (Å²) < 4.78 is 5.20. The first-order chi connectivity index (χ1) is 15.5. The summed E-state index contributed by atoms with van der Waals surface area (Å²) >= 11 is 0. The molecule has 2 heterocycles. The van der Waals surface area contributed by atoms with Gasteiger partial charge >= 0.3 is 0 Å². The van der Waals surface area contributed by atoms with E-state index in [0.717, 1.165) is 22.8 Å². The van der Waals surface area contributed by atoms with Crippen LogP contribution in [0.15, 0.2) is 60.9 Å². The fourth-order valence-electron chi connectivity index (χ4n) is 3.78. The van der Waals surface area contributed by atoms with E-state index in [0.29, 0.717) is 25.9 Å². The molecule has 32 heavy (non-hydrogen) atoms. The number of nitro groups is 1. The van der Waals surface area contributed by atoms with Gasteiger partial charge in [0.05, 0.1) is 17.7 Å². The summed E-state index contributed by atoms with van der Waals surface area (Å²) in [4.78, 5) is 34.3. The number of piperidine rings is 1. The normalized spacial score (nSPS) is 14.1. The van der Waals surface area contributed by atoms with E-state index >= 15 is 0 Å². The van der Waals surface area contributed by atoms with E-state index in [4.69, 9.17) is 4.74 Å². The SMILES string of the molecule is COc1ccc(-c2cc(N3CCC(C(=O)Nc4ccccc4[N+](=O)[O-])CC3)ncn2)cc1. The number of nitro benzene ring substituents is 1. The molecule has 2 aromatic carbocycles. The van der Waals surface area contributed by atoms with Crippen molar-refractivity contribution in [2.75, 3.05) is 30.4 Å². The van der Waals surface area contributed by atoms with E-state index in [2.05, 4.69) is 20.2 Å². The number of hydrogen-bond donors (Lipinski definition) is 1. The second-order valence-electron chi connectivity index (χ2n) is 7.51. The molecular weight excluding hydrogens is 410 g/mol. The van der Waals surface area contributed by atoms with Crippen molar-refractivity contribution in [2.24, 2.45) is 5.92 Å². The Morgan fingerprint density at radius 3 is 2.53 bits per heavy atom. The van der Waals surface area contributed by atoms with Gasteiger partial charge in [-0.1, -0.05) is 12.1 Å². The molecule has 3 aromatic rings. The van der Waals surface area contributed by atoms with E-state index < -0.39 is 4.92 Å². The Labute approximate surface area is 185 Å². The standard InChI is InChI=1S/C23H23N5O4/c1-32-18-8-6-16(7-9-18)20-14-22(25-15-24-20)27-12-10-17(11-13-27)23(29)26-19-4-2-3-5-21(19)28(30)31/h2-9,14-15,17H,10-13H2,1H3,(H,26,29). The number of hydrogen-bond acceptors (Lipinski definition) is 7. The fourth-order valence-corrected chi connectivity index (χ4v) is 3.78. The van der Waals surface area contributed by atoms with Gasteiger partial charge in [0.15, 0.2) is 0 Å². The quantitative estimate of drug-likeness (QED) is 0.463. The van der Waals surface area contributed by atoms with Gasteiger partial charge in [0.1, 0.15) is 23.6 Å². The molecule has 1 aliphatic rings. The number of carbonyl (C=O) groups is 1. The Balaban J connectivity index is 1.39. The van der Waals surface area contributed by atoms with E-state index in [1.54, 1.807) is 31.6 Å². The third-order valence-corrected chi connectivity index (χ3v) is 5.59. The van der Waals surface area contributed by atoms with Crippen LogP contribution in [0.3, 0.4) is 0 Å². The first-order valence-corrected chi connectivity index (χ1v) is 10.3. The lowest BCUT2D eigenvalue weighted by atomic mass is 9.95. The zero-order valence-electron chi connectivity index (χ0n) is 17.6. The van der Waals surface area contributed by atoms with Crippen molar-refractivity contribution >= 4 is 23.1 Å². The molecule has 0 bridgehead atoms. The molecule has 1 amide bonds. The highest BCUT2D eigenvalue weighted by Crippen LogP contribution is 2.28. The molecule has 164 valence electrons. The molecule has 0 aliphatic carbocycles. The highest BCUT2D eigenvalue weighted by atomic mass is 16.6. The fraction of sp³-hybridized carbons (Fsp3) is 0.261. The van der Waals surface area contributed by atoms with Crippen LogP contribution in [-0.4, -0.2) is 41.0 Å². The van der Waals surface area contributed by atoms with Crippen LogP contribution in [0.5, 0.6) is 5.75 Å². The van der Waals surface area contributed by atoms with E-state index in [1.807, 2.05) is 30.3 Å². The first-order valence-electron chi connectivity index (χ1n) is 10.3. The number of nitrogens with zero attached hydrogens (tertiary/aromatic N) is 4. The number of rotatable bonds is 6. The van der Waals surface area contributed by atoms with Gasteiger partial charge in [-0.15, -0.1) is 0 Å². The number of nitrogens with one attached hydrogen (secondary N) is 1. The largest absolute Gasteiger partial charge is 0.497 e. The summed E-state index contributed by atoms with van der Waals surface area (Å²) in [6.45, 7) is 1.32. The number of benzene rings is 2. The molecule has 1 N–H and O–H groups in total. The van der Waals surface area contributed by atoms with E-state index in [1.165, 1.54) is 6.07 Å². The highest BCUT2D eigenvalue weighted by molar-refractivity contribution is 5.94. The molecule has 0 saturated carbocycles. The molecule has 0 radical (unpaired) electrons. The van der Waals surface area contributed by atoms with Crippen molar-refractivity contribution in [3.63, 3.8) is 0 Å². The predicted molar refractivity (Wildman–Crippen MR) is 121 cm³/mol. The van der Waals surface area contributed by atoms with Crippen LogP contribution >= 0.6 is 0 Å². The van der Waals surface area contributed by atoms with E-state index in [9.17, 15) is 14.9 Å². The summed E-state index contributed by atoms with van der Waals surface area (Å²) in [5.74, 6) is 1.18. The van der Waals surface area contributed by atoms with Crippen molar-refractivity contribution in [2.45, 2.75) is 12.8 Å². The molecule has 0 atom stereocenters. The van der Waals surface area contributed by atoms with Gasteiger partial charge in [-0.05, 0) is 43.2 Å². The van der Waals surface area contributed by atoms with Crippen LogP contribution in [-0.2, 0) is 4.79 Å². The van der Waals surface area contributed by atoms with E-state index in [-0.39, 0.29) is 23.2 Å². The Kier molecular flexibility index (Phi) is 6.25. The minimum Gasteiger partial charge on any atom is -0.497 e. The topological polar surface area (TPSA) is 110 Å². The van der Waals surface area contributed by atoms with Gasteiger partial charge in [0.25, 0.3) is 5.69 Å². The van der Waals surface area contributed by atoms with Gasteiger partial charge in [0, 0.05) is 36.7 Å². The molecule has 1 aliphatic heterocycles. The molecule has 1 aromatic heterocycles. The van der Waals surface area contributed by atoms with Crippen LogP contribution in [0.2, 0.25) is 0 Å². The smallest absolute Gasteiger partial charge is 0.292 e. The molecule has 4 rings (SSSR count). The van der Waals surface area contributed by atoms with Crippen LogP contribution in [0.1, 0.15) is 12.8 Å². The molecule has 0 unspecified atom stereocenters. The van der Waals surface area contributed by atoms with Crippen molar-refractivity contribution < 1.29 is 14.5 Å². The van der Waals surface area contributed by atoms with Gasteiger partial charge in [-0.3, -0.25) is 14.9 Å². The lowest BCUT2D eigenvalue weighted by Crippen LogP contribution is -2.38. The number of methoxy groups -OCH3 is 1. The number of para-hydroxylation sites is 2. The van der Waals surface area contributed by atoms with Gasteiger partial charge in [0.2, 0.25) is 5.91 Å². The molecule has 9 nitrogen and oxygen atoms in total. The molecule has 1 fully saturated rings. The maximum absolute atomic E-state index is 12.7. The summed E-state index contributed by atoms with van der Waals surface area (Å²) in [6.07, 6.45) is 2.81. The Morgan fingerprint density at radius 2 is 1.84 bits per heavy atom. The minimum atomic E-state index is -0.492. The van der Waals surface area contributed by atoms with Gasteiger partial charge in [-0.25, -0.2) is 9.97 Å². The summed E-state index contributed by atoms with van der Waals surface area (Å²) in [5.41, 5.74) is 1.90. The predicted octanol–water partition coefficient (Wildman–Crippen LogP) is 3.92. The lowest BCUT2D eigenvalue weighted by Gasteiger charge is -2.32. The zero-order chi connectivity index (χ0) is 22.5. The van der Waals surface area contributed by atoms with Gasteiger partial charge < -0.3 is 15.0 Å². The third kappa shape index (κ3) is 4.66. The second kappa shape index (κ2) is 9.42. The molecular formula is C23H23N5O4. The number of amides is 1. The first kappa shape index (κ1) is 21.2. The van der Waals surface area contributed by atoms with Crippen molar-refractivity contribution in [1.29, 1.82) is 0 Å². The van der Waals surface area contributed by atoms with Gasteiger partial charge in [-0.2, -0.15) is 0 Å². The zero-order valence-corrected chi connectivity index (χ0v) is 17.6. The summed E-state index contributed by atoms with van der Waals surface area (Å²) in [7, 11) is 1.63. The monoisotopic (exact) mass is 433 g/mol. The van der Waals surface area contributed by atoms with Crippen LogP contribution < -0.4 is 15.0 Å². The number of ether oxygens (including phenoxy) is 1. The Morgan fingerprint density at radius 1 is 1.12 bits per heavy atom. The average Bonchev–Trinajstić information content (AvgIpc) is 2.84. The lowest BCUT2D eigenvalue weighted by molar-refractivity contribution is -0.383. The third-order valence-electron chi connectivity index (χ3n) is 5.59. The number of aromatic nitrogens is 2. The van der Waals surface area contributed by atoms with Crippen LogP contribution in [0.4, 0.5) is 17.2 Å².